The van der Waals surface area contributed by atoms with Crippen LogP contribution in [-0.2, 0) is 10.2 Å². The number of likely N-dealkylation sites (tertiary alicyclic amines) is 1. The van der Waals surface area contributed by atoms with Gasteiger partial charge in [-0.1, -0.05) is 27.4 Å². The standard InChI is InChI=1S/C14H20N2O2/c1-5-12(17)16-8-6-7-10(16)13-15-11(9-18-13)14(2,3)4/h5,9-10H,1,6-8H2,2-4H3/t10-/m1/s1. The molecule has 0 spiro atoms. The van der Waals surface area contributed by atoms with Gasteiger partial charge in [0, 0.05) is 12.0 Å². The van der Waals surface area contributed by atoms with Crippen molar-refractivity contribution in [2.45, 2.75) is 45.1 Å². The van der Waals surface area contributed by atoms with Crippen LogP contribution in [0.4, 0.5) is 0 Å². The van der Waals surface area contributed by atoms with Crippen molar-refractivity contribution in [3.8, 4) is 0 Å². The number of oxazole rings is 1. The second-order valence-corrected chi connectivity index (χ2v) is 5.71. The first kappa shape index (κ1) is 12.9. The Hall–Kier alpha value is -1.58. The fraction of sp³-hybridized carbons (Fsp3) is 0.571. The first-order valence-electron chi connectivity index (χ1n) is 6.32. The van der Waals surface area contributed by atoms with Crippen LogP contribution in [0.25, 0.3) is 0 Å². The number of carbonyl (C=O) groups excluding carboxylic acids is 1. The number of carbonyl (C=O) groups is 1. The van der Waals surface area contributed by atoms with E-state index in [1.54, 1.807) is 11.2 Å². The monoisotopic (exact) mass is 248 g/mol. The van der Waals surface area contributed by atoms with Gasteiger partial charge in [-0.3, -0.25) is 4.79 Å². The van der Waals surface area contributed by atoms with Crippen molar-refractivity contribution in [1.82, 2.24) is 9.88 Å². The van der Waals surface area contributed by atoms with Gasteiger partial charge in [-0.25, -0.2) is 4.98 Å². The third-order valence-corrected chi connectivity index (χ3v) is 3.29. The molecule has 1 amide bonds. The molecule has 4 heteroatoms. The molecule has 1 saturated heterocycles. The molecule has 4 nitrogen and oxygen atoms in total. The lowest BCUT2D eigenvalue weighted by atomic mass is 9.93. The molecule has 1 fully saturated rings. The van der Waals surface area contributed by atoms with Crippen LogP contribution in [0.15, 0.2) is 23.3 Å². The highest BCUT2D eigenvalue weighted by molar-refractivity contribution is 5.87. The van der Waals surface area contributed by atoms with Crippen molar-refractivity contribution >= 4 is 5.91 Å². The van der Waals surface area contributed by atoms with E-state index in [2.05, 4.69) is 32.3 Å². The molecule has 0 aliphatic carbocycles. The van der Waals surface area contributed by atoms with E-state index in [1.807, 2.05) is 0 Å². The maximum Gasteiger partial charge on any atom is 0.246 e. The predicted molar refractivity (Wildman–Crippen MR) is 69.1 cm³/mol. The molecule has 1 aliphatic rings. The summed E-state index contributed by atoms with van der Waals surface area (Å²) in [5.74, 6) is 0.598. The van der Waals surface area contributed by atoms with E-state index >= 15 is 0 Å². The molecule has 0 saturated carbocycles. The number of nitrogens with zero attached hydrogens (tertiary/aromatic N) is 2. The first-order chi connectivity index (χ1) is 8.43. The lowest BCUT2D eigenvalue weighted by Gasteiger charge is -2.20. The van der Waals surface area contributed by atoms with Gasteiger partial charge in [0.15, 0.2) is 0 Å². The van der Waals surface area contributed by atoms with E-state index in [4.69, 9.17) is 4.42 Å². The molecule has 18 heavy (non-hydrogen) atoms. The van der Waals surface area contributed by atoms with Crippen LogP contribution in [0.5, 0.6) is 0 Å². The van der Waals surface area contributed by atoms with E-state index in [0.717, 1.165) is 25.1 Å². The molecule has 0 bridgehead atoms. The van der Waals surface area contributed by atoms with E-state index in [1.165, 1.54) is 6.08 Å². The molecular weight excluding hydrogens is 228 g/mol. The van der Waals surface area contributed by atoms with Gasteiger partial charge >= 0.3 is 0 Å². The Morgan fingerprint density at radius 3 is 2.89 bits per heavy atom. The molecule has 2 rings (SSSR count). The van der Waals surface area contributed by atoms with Crippen LogP contribution >= 0.6 is 0 Å². The lowest BCUT2D eigenvalue weighted by molar-refractivity contribution is -0.127. The normalized spacial score (nSPS) is 20.2. The summed E-state index contributed by atoms with van der Waals surface area (Å²) in [5.41, 5.74) is 0.892. The molecule has 1 aromatic rings. The van der Waals surface area contributed by atoms with Crippen LogP contribution in [0.3, 0.4) is 0 Å². The summed E-state index contributed by atoms with van der Waals surface area (Å²) in [6, 6.07) is -0.0356. The summed E-state index contributed by atoms with van der Waals surface area (Å²) >= 11 is 0. The Bertz CT molecular complexity index is 457. The molecule has 1 aromatic heterocycles. The van der Waals surface area contributed by atoms with Gasteiger partial charge in [-0.15, -0.1) is 0 Å². The van der Waals surface area contributed by atoms with Crippen LogP contribution in [0.2, 0.25) is 0 Å². The summed E-state index contributed by atoms with van der Waals surface area (Å²) < 4.78 is 5.56. The molecule has 0 N–H and O–H groups in total. The zero-order valence-corrected chi connectivity index (χ0v) is 11.3. The van der Waals surface area contributed by atoms with Gasteiger partial charge in [0.05, 0.1) is 5.69 Å². The van der Waals surface area contributed by atoms with E-state index in [-0.39, 0.29) is 17.4 Å². The lowest BCUT2D eigenvalue weighted by Crippen LogP contribution is -2.29. The smallest absolute Gasteiger partial charge is 0.246 e. The van der Waals surface area contributed by atoms with Gasteiger partial charge in [0.25, 0.3) is 0 Å². The van der Waals surface area contributed by atoms with Gasteiger partial charge in [0.2, 0.25) is 11.8 Å². The molecular formula is C14H20N2O2. The zero-order valence-electron chi connectivity index (χ0n) is 11.3. The van der Waals surface area contributed by atoms with Crippen LogP contribution in [-0.4, -0.2) is 22.3 Å². The molecule has 0 aromatic carbocycles. The summed E-state index contributed by atoms with van der Waals surface area (Å²) in [6.45, 7) is 10.6. The van der Waals surface area contributed by atoms with Crippen molar-refractivity contribution in [3.63, 3.8) is 0 Å². The Kier molecular flexibility index (Phi) is 3.28. The van der Waals surface area contributed by atoms with E-state index < -0.39 is 0 Å². The van der Waals surface area contributed by atoms with Crippen LogP contribution < -0.4 is 0 Å². The summed E-state index contributed by atoms with van der Waals surface area (Å²) in [6.07, 6.45) is 4.94. The maximum atomic E-state index is 11.7. The first-order valence-corrected chi connectivity index (χ1v) is 6.32. The van der Waals surface area contributed by atoms with Gasteiger partial charge < -0.3 is 9.32 Å². The van der Waals surface area contributed by atoms with Crippen LogP contribution in [0.1, 0.15) is 51.2 Å². The van der Waals surface area contributed by atoms with Crippen molar-refractivity contribution in [2.75, 3.05) is 6.54 Å². The number of hydrogen-bond donors (Lipinski definition) is 0. The average molecular weight is 248 g/mol. The molecule has 0 unspecified atom stereocenters. The Balaban J connectivity index is 2.23. The van der Waals surface area contributed by atoms with Gasteiger partial charge in [-0.2, -0.15) is 0 Å². The fourth-order valence-corrected chi connectivity index (χ4v) is 2.19. The third kappa shape index (κ3) is 2.33. The van der Waals surface area contributed by atoms with E-state index in [9.17, 15) is 4.79 Å². The van der Waals surface area contributed by atoms with Crippen molar-refractivity contribution in [2.24, 2.45) is 0 Å². The van der Waals surface area contributed by atoms with Crippen molar-refractivity contribution in [1.29, 1.82) is 0 Å². The minimum absolute atomic E-state index is 0.0341. The van der Waals surface area contributed by atoms with Crippen LogP contribution in [0, 0.1) is 0 Å². The minimum atomic E-state index is -0.0481. The number of amides is 1. The quantitative estimate of drug-likeness (QED) is 0.756. The maximum absolute atomic E-state index is 11.7. The van der Waals surface area contributed by atoms with Crippen molar-refractivity contribution < 1.29 is 9.21 Å². The topological polar surface area (TPSA) is 46.3 Å². The fourth-order valence-electron chi connectivity index (χ4n) is 2.19. The molecule has 0 radical (unpaired) electrons. The van der Waals surface area contributed by atoms with Gasteiger partial charge in [-0.05, 0) is 18.9 Å². The van der Waals surface area contributed by atoms with Crippen molar-refractivity contribution in [3.05, 3.63) is 30.5 Å². The second kappa shape index (κ2) is 4.59. The largest absolute Gasteiger partial charge is 0.446 e. The Morgan fingerprint density at radius 2 is 2.33 bits per heavy atom. The molecule has 1 atom stereocenters. The Morgan fingerprint density at radius 1 is 1.61 bits per heavy atom. The SMILES string of the molecule is C=CC(=O)N1CCC[C@@H]1c1nc(C(C)(C)C)co1. The zero-order chi connectivity index (χ0) is 13.3. The highest BCUT2D eigenvalue weighted by atomic mass is 16.3. The highest BCUT2D eigenvalue weighted by Crippen LogP contribution is 2.33. The van der Waals surface area contributed by atoms with Gasteiger partial charge in [0.1, 0.15) is 12.3 Å². The average Bonchev–Trinajstić information content (AvgIpc) is 2.94. The predicted octanol–water partition coefficient (Wildman–Crippen LogP) is 2.82. The summed E-state index contributed by atoms with van der Waals surface area (Å²) in [5, 5.41) is 0. The number of aromatic nitrogens is 1. The summed E-state index contributed by atoms with van der Waals surface area (Å²) in [7, 11) is 0. The second-order valence-electron chi connectivity index (χ2n) is 5.71. The number of rotatable bonds is 2. The summed E-state index contributed by atoms with van der Waals surface area (Å²) in [4.78, 5) is 18.1. The Labute approximate surface area is 108 Å². The molecule has 98 valence electrons. The molecule has 1 aliphatic heterocycles. The number of hydrogen-bond acceptors (Lipinski definition) is 3. The third-order valence-electron chi connectivity index (χ3n) is 3.29. The minimum Gasteiger partial charge on any atom is -0.446 e. The molecule has 2 heterocycles. The highest BCUT2D eigenvalue weighted by Gasteiger charge is 2.33. The van der Waals surface area contributed by atoms with E-state index in [0.29, 0.717) is 5.89 Å².